The number of carbonyl (C=O) groups excluding carboxylic acids is 2. The average molecular weight is 211 g/mol. The second-order valence-corrected chi connectivity index (χ2v) is 3.93. The average Bonchev–Trinajstić information content (AvgIpc) is 2.75. The van der Waals surface area contributed by atoms with Gasteiger partial charge in [0.05, 0.1) is 5.92 Å². The Morgan fingerprint density at radius 2 is 2.57 bits per heavy atom. The van der Waals surface area contributed by atoms with Crippen LogP contribution in [0.15, 0.2) is 11.6 Å². The summed E-state index contributed by atoms with van der Waals surface area (Å²) in [5.41, 5.74) is 0. The van der Waals surface area contributed by atoms with Gasteiger partial charge in [0.15, 0.2) is 5.13 Å². The molecule has 2 heterocycles. The molecule has 74 valence electrons. The summed E-state index contributed by atoms with van der Waals surface area (Å²) in [6.45, 7) is 0.427. The molecular weight excluding hydrogens is 202 g/mol. The Balaban J connectivity index is 1.93. The predicted octanol–water partition coefficient (Wildman–Crippen LogP) is 0.218. The first-order chi connectivity index (χ1) is 6.75. The van der Waals surface area contributed by atoms with Crippen molar-refractivity contribution in [3.8, 4) is 0 Å². The van der Waals surface area contributed by atoms with Crippen molar-refractivity contribution >= 4 is 28.3 Å². The molecule has 14 heavy (non-hydrogen) atoms. The summed E-state index contributed by atoms with van der Waals surface area (Å²) < 4.78 is 0. The van der Waals surface area contributed by atoms with Crippen molar-refractivity contribution in [1.29, 1.82) is 0 Å². The highest BCUT2D eigenvalue weighted by molar-refractivity contribution is 7.13. The highest BCUT2D eigenvalue weighted by Gasteiger charge is 2.28. The van der Waals surface area contributed by atoms with Crippen LogP contribution in [0.25, 0.3) is 0 Å². The van der Waals surface area contributed by atoms with Gasteiger partial charge in [-0.15, -0.1) is 11.3 Å². The second-order valence-electron chi connectivity index (χ2n) is 3.03. The van der Waals surface area contributed by atoms with Crippen molar-refractivity contribution in [3.63, 3.8) is 0 Å². The smallest absolute Gasteiger partial charge is 0.231 e. The van der Waals surface area contributed by atoms with Gasteiger partial charge in [-0.1, -0.05) is 0 Å². The summed E-state index contributed by atoms with van der Waals surface area (Å²) in [4.78, 5) is 26.3. The molecule has 1 aliphatic heterocycles. The molecule has 0 saturated carbocycles. The number of hydrogen-bond donors (Lipinski definition) is 2. The standard InChI is InChI=1S/C8H9N3O2S/c12-6-3-5(4-10-6)7(13)11-8-9-1-2-14-8/h1-2,5H,3-4H2,(H,10,12)(H,9,11,13). The molecule has 2 N–H and O–H groups in total. The van der Waals surface area contributed by atoms with E-state index in [1.54, 1.807) is 11.6 Å². The number of anilines is 1. The molecule has 1 aliphatic rings. The van der Waals surface area contributed by atoms with Crippen molar-refractivity contribution < 1.29 is 9.59 Å². The molecular formula is C8H9N3O2S. The van der Waals surface area contributed by atoms with Gasteiger partial charge in [-0.25, -0.2) is 4.98 Å². The van der Waals surface area contributed by atoms with Gasteiger partial charge in [0, 0.05) is 24.5 Å². The summed E-state index contributed by atoms with van der Waals surface area (Å²) in [6, 6.07) is 0. The van der Waals surface area contributed by atoms with Gasteiger partial charge in [-0.3, -0.25) is 9.59 Å². The summed E-state index contributed by atoms with van der Waals surface area (Å²) in [5, 5.41) is 7.64. The van der Waals surface area contributed by atoms with Crippen LogP contribution in [0.2, 0.25) is 0 Å². The zero-order valence-electron chi connectivity index (χ0n) is 7.32. The van der Waals surface area contributed by atoms with E-state index in [9.17, 15) is 9.59 Å². The number of rotatable bonds is 2. The number of nitrogens with one attached hydrogen (secondary N) is 2. The molecule has 1 aromatic heterocycles. The van der Waals surface area contributed by atoms with E-state index in [0.29, 0.717) is 11.7 Å². The Kier molecular flexibility index (Phi) is 2.45. The Bertz CT molecular complexity index is 349. The molecule has 1 unspecified atom stereocenters. The third kappa shape index (κ3) is 1.90. The minimum absolute atomic E-state index is 0.0655. The van der Waals surface area contributed by atoms with E-state index in [4.69, 9.17) is 0 Å². The summed E-state index contributed by atoms with van der Waals surface area (Å²) in [5.74, 6) is -0.464. The molecule has 0 aliphatic carbocycles. The monoisotopic (exact) mass is 211 g/mol. The van der Waals surface area contributed by atoms with Crippen LogP contribution < -0.4 is 10.6 Å². The maximum absolute atomic E-state index is 11.5. The Morgan fingerprint density at radius 3 is 3.14 bits per heavy atom. The molecule has 5 nitrogen and oxygen atoms in total. The van der Waals surface area contributed by atoms with Crippen molar-refractivity contribution in [1.82, 2.24) is 10.3 Å². The second kappa shape index (κ2) is 3.75. The molecule has 1 fully saturated rings. The number of hydrogen-bond acceptors (Lipinski definition) is 4. The minimum atomic E-state index is -0.258. The van der Waals surface area contributed by atoms with Gasteiger partial charge < -0.3 is 10.6 Å². The van der Waals surface area contributed by atoms with Crippen molar-refractivity contribution in [3.05, 3.63) is 11.6 Å². The van der Waals surface area contributed by atoms with E-state index < -0.39 is 0 Å². The largest absolute Gasteiger partial charge is 0.355 e. The molecule has 6 heteroatoms. The lowest BCUT2D eigenvalue weighted by atomic mass is 10.1. The summed E-state index contributed by atoms with van der Waals surface area (Å²) in [6.07, 6.45) is 1.90. The maximum Gasteiger partial charge on any atom is 0.231 e. The van der Waals surface area contributed by atoms with E-state index in [2.05, 4.69) is 15.6 Å². The minimum Gasteiger partial charge on any atom is -0.355 e. The van der Waals surface area contributed by atoms with Crippen LogP contribution in [0.5, 0.6) is 0 Å². The maximum atomic E-state index is 11.5. The molecule has 2 amide bonds. The lowest BCUT2D eigenvalue weighted by Crippen LogP contribution is -2.24. The summed E-state index contributed by atoms with van der Waals surface area (Å²) in [7, 11) is 0. The van der Waals surface area contributed by atoms with E-state index >= 15 is 0 Å². The van der Waals surface area contributed by atoms with Crippen LogP contribution in [-0.2, 0) is 9.59 Å². The van der Waals surface area contributed by atoms with Gasteiger partial charge in [0.25, 0.3) is 0 Å². The number of aromatic nitrogens is 1. The van der Waals surface area contributed by atoms with E-state index in [1.807, 2.05) is 0 Å². The van der Waals surface area contributed by atoms with E-state index in [-0.39, 0.29) is 24.2 Å². The first-order valence-corrected chi connectivity index (χ1v) is 5.11. The zero-order valence-corrected chi connectivity index (χ0v) is 8.13. The third-order valence-corrected chi connectivity index (χ3v) is 2.70. The quantitative estimate of drug-likeness (QED) is 0.735. The van der Waals surface area contributed by atoms with Crippen LogP contribution in [0, 0.1) is 5.92 Å². The highest BCUT2D eigenvalue weighted by atomic mass is 32.1. The Labute approximate surface area is 84.5 Å². The fourth-order valence-electron chi connectivity index (χ4n) is 1.28. The van der Waals surface area contributed by atoms with Crippen LogP contribution >= 0.6 is 11.3 Å². The number of carbonyl (C=O) groups is 2. The first kappa shape index (κ1) is 9.14. The lowest BCUT2D eigenvalue weighted by molar-refractivity contribution is -0.123. The lowest BCUT2D eigenvalue weighted by Gasteiger charge is -2.05. The SMILES string of the molecule is O=C1CC(C(=O)Nc2nccs2)CN1. The number of nitrogens with zero attached hydrogens (tertiary/aromatic N) is 1. The third-order valence-electron chi connectivity index (χ3n) is 2.01. The van der Waals surface area contributed by atoms with E-state index in [0.717, 1.165) is 0 Å². The molecule has 1 aromatic rings. The zero-order chi connectivity index (χ0) is 9.97. The van der Waals surface area contributed by atoms with Crippen LogP contribution in [0.3, 0.4) is 0 Å². The Hall–Kier alpha value is -1.43. The fraction of sp³-hybridized carbons (Fsp3) is 0.375. The van der Waals surface area contributed by atoms with Gasteiger partial charge in [-0.05, 0) is 0 Å². The molecule has 0 radical (unpaired) electrons. The van der Waals surface area contributed by atoms with Crippen LogP contribution in [0.4, 0.5) is 5.13 Å². The highest BCUT2D eigenvalue weighted by Crippen LogP contribution is 2.15. The molecule has 2 rings (SSSR count). The van der Waals surface area contributed by atoms with Crippen LogP contribution in [-0.4, -0.2) is 23.3 Å². The summed E-state index contributed by atoms with van der Waals surface area (Å²) >= 11 is 1.36. The fourth-order valence-corrected chi connectivity index (χ4v) is 1.82. The van der Waals surface area contributed by atoms with Gasteiger partial charge in [0.1, 0.15) is 0 Å². The van der Waals surface area contributed by atoms with Crippen molar-refractivity contribution in [2.24, 2.45) is 5.92 Å². The number of amides is 2. The normalized spacial score (nSPS) is 20.6. The number of thiazole rings is 1. The van der Waals surface area contributed by atoms with E-state index in [1.165, 1.54) is 11.3 Å². The molecule has 1 atom stereocenters. The van der Waals surface area contributed by atoms with Crippen LogP contribution in [0.1, 0.15) is 6.42 Å². The topological polar surface area (TPSA) is 71.1 Å². The molecule has 0 aromatic carbocycles. The first-order valence-electron chi connectivity index (χ1n) is 4.23. The van der Waals surface area contributed by atoms with Gasteiger partial charge in [0.2, 0.25) is 11.8 Å². The molecule has 0 bridgehead atoms. The predicted molar refractivity (Wildman–Crippen MR) is 51.9 cm³/mol. The van der Waals surface area contributed by atoms with Gasteiger partial charge >= 0.3 is 0 Å². The van der Waals surface area contributed by atoms with Crippen molar-refractivity contribution in [2.45, 2.75) is 6.42 Å². The Morgan fingerprint density at radius 1 is 1.71 bits per heavy atom. The molecule has 0 spiro atoms. The van der Waals surface area contributed by atoms with Gasteiger partial charge in [-0.2, -0.15) is 0 Å². The molecule has 1 saturated heterocycles. The van der Waals surface area contributed by atoms with Crippen molar-refractivity contribution in [2.75, 3.05) is 11.9 Å².